The van der Waals surface area contributed by atoms with E-state index in [0.717, 1.165) is 16.8 Å². The van der Waals surface area contributed by atoms with Gasteiger partial charge in [-0.3, -0.25) is 5.10 Å². The van der Waals surface area contributed by atoms with Gasteiger partial charge in [0.25, 0.3) is 5.89 Å². The molecule has 2 aromatic heterocycles. The molecule has 0 saturated carbocycles. The highest BCUT2D eigenvalue weighted by atomic mass is 16.5. The van der Waals surface area contributed by atoms with Crippen LogP contribution in [0.4, 0.5) is 0 Å². The Labute approximate surface area is 145 Å². The summed E-state index contributed by atoms with van der Waals surface area (Å²) in [5.41, 5.74) is 7.24. The van der Waals surface area contributed by atoms with Crippen molar-refractivity contribution in [2.75, 3.05) is 0 Å². The van der Waals surface area contributed by atoms with E-state index in [2.05, 4.69) is 52.4 Å². The zero-order chi connectivity index (χ0) is 17.4. The molecule has 0 unspecified atom stereocenters. The summed E-state index contributed by atoms with van der Waals surface area (Å²) in [4.78, 5) is 4.47. The number of hydrogen-bond donors (Lipinski definition) is 1. The van der Waals surface area contributed by atoms with Crippen molar-refractivity contribution in [3.05, 3.63) is 65.2 Å². The molecule has 124 valence electrons. The van der Waals surface area contributed by atoms with Crippen LogP contribution in [0.15, 0.2) is 53.1 Å². The predicted octanol–water partition coefficient (Wildman–Crippen LogP) is 4.72. The van der Waals surface area contributed by atoms with Gasteiger partial charge in [-0.2, -0.15) is 10.1 Å². The van der Waals surface area contributed by atoms with Gasteiger partial charge in [-0.1, -0.05) is 47.1 Å². The van der Waals surface area contributed by atoms with E-state index >= 15 is 0 Å². The Morgan fingerprint density at radius 1 is 0.840 bits per heavy atom. The summed E-state index contributed by atoms with van der Waals surface area (Å²) in [6.07, 6.45) is 0. The Morgan fingerprint density at radius 2 is 1.60 bits per heavy atom. The molecular weight excluding hydrogens is 312 g/mol. The van der Waals surface area contributed by atoms with Crippen LogP contribution in [0.1, 0.15) is 16.7 Å². The monoisotopic (exact) mass is 330 g/mol. The van der Waals surface area contributed by atoms with Crippen molar-refractivity contribution in [3.63, 3.8) is 0 Å². The molecule has 0 spiro atoms. The molecule has 0 aliphatic carbocycles. The number of rotatable bonds is 3. The first-order valence-corrected chi connectivity index (χ1v) is 8.14. The third-order valence-electron chi connectivity index (χ3n) is 4.35. The maximum absolute atomic E-state index is 5.40. The number of benzene rings is 2. The van der Waals surface area contributed by atoms with Gasteiger partial charge in [-0.15, -0.1) is 0 Å². The van der Waals surface area contributed by atoms with Crippen molar-refractivity contribution in [2.24, 2.45) is 0 Å². The third-order valence-corrected chi connectivity index (χ3v) is 4.35. The van der Waals surface area contributed by atoms with Gasteiger partial charge in [-0.05, 0) is 44.0 Å². The van der Waals surface area contributed by atoms with Gasteiger partial charge in [-0.25, -0.2) is 0 Å². The first-order chi connectivity index (χ1) is 12.1. The zero-order valence-electron chi connectivity index (χ0n) is 14.4. The van der Waals surface area contributed by atoms with E-state index in [4.69, 9.17) is 4.52 Å². The second-order valence-corrected chi connectivity index (χ2v) is 6.26. The highest BCUT2D eigenvalue weighted by molar-refractivity contribution is 5.66. The van der Waals surface area contributed by atoms with Crippen LogP contribution in [0.2, 0.25) is 0 Å². The molecule has 0 aliphatic rings. The maximum atomic E-state index is 5.40. The molecule has 5 nitrogen and oxygen atoms in total. The molecule has 0 aliphatic heterocycles. The number of nitrogens with zero attached hydrogens (tertiary/aromatic N) is 3. The Hall–Kier alpha value is -3.21. The van der Waals surface area contributed by atoms with E-state index in [1.54, 1.807) is 0 Å². The van der Waals surface area contributed by atoms with Crippen LogP contribution in [0.3, 0.4) is 0 Å². The van der Waals surface area contributed by atoms with Crippen LogP contribution >= 0.6 is 0 Å². The molecule has 0 saturated heterocycles. The predicted molar refractivity (Wildman–Crippen MR) is 97.0 cm³/mol. The lowest BCUT2D eigenvalue weighted by atomic mass is 10.0. The fourth-order valence-corrected chi connectivity index (χ4v) is 2.63. The number of aromatic nitrogens is 4. The van der Waals surface area contributed by atoms with Crippen molar-refractivity contribution in [1.82, 2.24) is 20.3 Å². The van der Waals surface area contributed by atoms with Crippen molar-refractivity contribution in [3.8, 4) is 34.2 Å². The number of aromatic amines is 1. The molecule has 0 bridgehead atoms. The lowest BCUT2D eigenvalue weighted by Gasteiger charge is -2.01. The molecule has 0 radical (unpaired) electrons. The van der Waals surface area contributed by atoms with Crippen molar-refractivity contribution in [1.29, 1.82) is 0 Å². The minimum Gasteiger partial charge on any atom is -0.332 e. The van der Waals surface area contributed by atoms with Crippen LogP contribution in [0.5, 0.6) is 0 Å². The average Bonchev–Trinajstić information content (AvgIpc) is 3.27. The van der Waals surface area contributed by atoms with E-state index in [9.17, 15) is 0 Å². The van der Waals surface area contributed by atoms with Crippen molar-refractivity contribution >= 4 is 0 Å². The first kappa shape index (κ1) is 15.3. The van der Waals surface area contributed by atoms with Gasteiger partial charge in [0, 0.05) is 11.1 Å². The molecule has 1 N–H and O–H groups in total. The second kappa shape index (κ2) is 6.02. The summed E-state index contributed by atoms with van der Waals surface area (Å²) >= 11 is 0. The summed E-state index contributed by atoms with van der Waals surface area (Å²) in [6.45, 7) is 6.24. The maximum Gasteiger partial charge on any atom is 0.276 e. The molecule has 5 heteroatoms. The third kappa shape index (κ3) is 2.96. The number of nitrogens with one attached hydrogen (secondary N) is 1. The Kier molecular flexibility index (Phi) is 3.69. The SMILES string of the molecule is Cc1ccc(-c2noc(-c3cc(-c4ccc(C)c(C)c4)n[nH]3)n2)cc1. The number of H-pyrrole nitrogens is 1. The minimum absolute atomic E-state index is 0.429. The van der Waals surface area contributed by atoms with E-state index in [0.29, 0.717) is 17.4 Å². The van der Waals surface area contributed by atoms with Gasteiger partial charge in [0.1, 0.15) is 5.69 Å². The topological polar surface area (TPSA) is 67.6 Å². The highest BCUT2D eigenvalue weighted by Gasteiger charge is 2.14. The smallest absolute Gasteiger partial charge is 0.276 e. The standard InChI is InChI=1S/C20H18N4O/c1-12-4-7-15(8-5-12)19-21-20(25-24-19)18-11-17(22-23-18)16-9-6-13(2)14(3)10-16/h4-11H,1-3H3,(H,22,23). The van der Waals surface area contributed by atoms with Crippen LogP contribution in [0.25, 0.3) is 34.2 Å². The molecule has 4 aromatic rings. The molecule has 2 heterocycles. The summed E-state index contributed by atoms with van der Waals surface area (Å²) in [6, 6.07) is 16.2. The van der Waals surface area contributed by atoms with Crippen molar-refractivity contribution in [2.45, 2.75) is 20.8 Å². The fraction of sp³-hybridized carbons (Fsp3) is 0.150. The van der Waals surface area contributed by atoms with Crippen LogP contribution < -0.4 is 0 Å². The minimum atomic E-state index is 0.429. The fourth-order valence-electron chi connectivity index (χ4n) is 2.63. The summed E-state index contributed by atoms with van der Waals surface area (Å²) < 4.78 is 5.40. The summed E-state index contributed by atoms with van der Waals surface area (Å²) in [5, 5.41) is 11.4. The van der Waals surface area contributed by atoms with Gasteiger partial charge in [0.15, 0.2) is 0 Å². The molecule has 4 rings (SSSR count). The van der Waals surface area contributed by atoms with Gasteiger partial charge in [0.05, 0.1) is 5.69 Å². The number of hydrogen-bond acceptors (Lipinski definition) is 4. The molecule has 2 aromatic carbocycles. The lowest BCUT2D eigenvalue weighted by Crippen LogP contribution is -1.83. The zero-order valence-corrected chi connectivity index (χ0v) is 14.4. The van der Waals surface area contributed by atoms with Crippen LogP contribution in [-0.4, -0.2) is 20.3 Å². The first-order valence-electron chi connectivity index (χ1n) is 8.14. The Balaban J connectivity index is 1.64. The van der Waals surface area contributed by atoms with Gasteiger partial charge < -0.3 is 4.52 Å². The second-order valence-electron chi connectivity index (χ2n) is 6.26. The Bertz CT molecular complexity index is 1030. The highest BCUT2D eigenvalue weighted by Crippen LogP contribution is 2.26. The molecule has 0 atom stereocenters. The molecule has 0 fully saturated rings. The normalized spacial score (nSPS) is 11.0. The largest absolute Gasteiger partial charge is 0.332 e. The number of aryl methyl sites for hydroxylation is 3. The van der Waals surface area contributed by atoms with Gasteiger partial charge in [0.2, 0.25) is 5.82 Å². The average molecular weight is 330 g/mol. The lowest BCUT2D eigenvalue weighted by molar-refractivity contribution is 0.431. The summed E-state index contributed by atoms with van der Waals surface area (Å²) in [7, 11) is 0. The van der Waals surface area contributed by atoms with Crippen molar-refractivity contribution < 1.29 is 4.52 Å². The molecule has 25 heavy (non-hydrogen) atoms. The van der Waals surface area contributed by atoms with Gasteiger partial charge >= 0.3 is 0 Å². The summed E-state index contributed by atoms with van der Waals surface area (Å²) in [5.74, 6) is 0.996. The Morgan fingerprint density at radius 3 is 2.36 bits per heavy atom. The molecular formula is C20H18N4O. The molecule has 0 amide bonds. The van der Waals surface area contributed by atoms with Crippen LogP contribution in [-0.2, 0) is 0 Å². The quantitative estimate of drug-likeness (QED) is 0.590. The van der Waals surface area contributed by atoms with E-state index in [1.807, 2.05) is 37.3 Å². The van der Waals surface area contributed by atoms with E-state index in [1.165, 1.54) is 16.7 Å². The van der Waals surface area contributed by atoms with E-state index in [-0.39, 0.29) is 0 Å². The van der Waals surface area contributed by atoms with Crippen LogP contribution in [0, 0.1) is 20.8 Å². The van der Waals surface area contributed by atoms with E-state index < -0.39 is 0 Å².